The first-order chi connectivity index (χ1) is 28.6. The van der Waals surface area contributed by atoms with E-state index in [0.717, 1.165) is 32.1 Å². The molecular weight excluding hydrogens is 758 g/mol. The van der Waals surface area contributed by atoms with Crippen molar-refractivity contribution in [3.63, 3.8) is 0 Å². The van der Waals surface area contributed by atoms with Crippen molar-refractivity contribution in [2.45, 2.75) is 251 Å². The minimum absolute atomic E-state index is 0.0913. The van der Waals surface area contributed by atoms with Gasteiger partial charge in [0.25, 0.3) is 0 Å². The van der Waals surface area contributed by atoms with Crippen LogP contribution in [0.15, 0.2) is 12.2 Å². The maximum atomic E-state index is 12.7. The summed E-state index contributed by atoms with van der Waals surface area (Å²) in [6, 6.07) is 0. The molecule has 0 saturated carbocycles. The summed E-state index contributed by atoms with van der Waals surface area (Å²) in [4.78, 5) is 23.0. The summed E-state index contributed by atoms with van der Waals surface area (Å²) in [5.41, 5.74) is 0. The lowest BCUT2D eigenvalue weighted by molar-refractivity contribution is -0.870. The summed E-state index contributed by atoms with van der Waals surface area (Å²) >= 11 is 0. The average Bonchev–Trinajstić information content (AvgIpc) is 3.19. The molecule has 0 aromatic carbocycles. The van der Waals surface area contributed by atoms with Crippen LogP contribution in [0.5, 0.6) is 0 Å². The molecule has 0 fully saturated rings. The van der Waals surface area contributed by atoms with E-state index in [9.17, 15) is 14.3 Å². The van der Waals surface area contributed by atoms with E-state index in [1.807, 2.05) is 21.1 Å². The van der Waals surface area contributed by atoms with E-state index in [4.69, 9.17) is 18.5 Å². The molecule has 0 aliphatic carbocycles. The molecule has 0 rings (SSSR count). The van der Waals surface area contributed by atoms with Crippen molar-refractivity contribution in [3.05, 3.63) is 12.2 Å². The summed E-state index contributed by atoms with van der Waals surface area (Å²) in [6.45, 7) is 5.67. The number of quaternary nitrogens is 1. The van der Waals surface area contributed by atoms with Crippen LogP contribution in [0.4, 0.5) is 0 Å². The number of hydrogen-bond acceptors (Lipinski definition) is 6. The van der Waals surface area contributed by atoms with E-state index >= 15 is 0 Å². The molecule has 0 aliphatic heterocycles. The molecule has 0 amide bonds. The van der Waals surface area contributed by atoms with Gasteiger partial charge in [-0.1, -0.05) is 212 Å². The molecule has 59 heavy (non-hydrogen) atoms. The Hall–Kier alpha value is -0.760. The Bertz CT molecular complexity index is 956. The van der Waals surface area contributed by atoms with Crippen LogP contribution in [0.3, 0.4) is 0 Å². The Labute approximate surface area is 367 Å². The van der Waals surface area contributed by atoms with Gasteiger partial charge < -0.3 is 18.9 Å². The normalized spacial score (nSPS) is 13.7. The Morgan fingerprint density at radius 1 is 0.508 bits per heavy atom. The van der Waals surface area contributed by atoms with Crippen LogP contribution in [0.2, 0.25) is 0 Å². The molecule has 8 nitrogen and oxygen atoms in total. The smallest absolute Gasteiger partial charge is 0.457 e. The van der Waals surface area contributed by atoms with E-state index in [2.05, 4.69) is 26.0 Å². The van der Waals surface area contributed by atoms with Crippen LogP contribution in [-0.2, 0) is 27.9 Å². The van der Waals surface area contributed by atoms with Crippen LogP contribution >= 0.6 is 7.82 Å². The van der Waals surface area contributed by atoms with Gasteiger partial charge in [-0.05, 0) is 38.5 Å². The number of unbranched alkanes of at least 4 members (excludes halogenated alkanes) is 32. The molecule has 0 aromatic rings. The van der Waals surface area contributed by atoms with Gasteiger partial charge in [-0.3, -0.25) is 13.8 Å². The minimum Gasteiger partial charge on any atom is -0.457 e. The van der Waals surface area contributed by atoms with Gasteiger partial charge in [0.15, 0.2) is 0 Å². The molecule has 0 spiro atoms. The van der Waals surface area contributed by atoms with Crippen molar-refractivity contribution < 1.29 is 37.3 Å². The first kappa shape index (κ1) is 58.2. The summed E-state index contributed by atoms with van der Waals surface area (Å²) < 4.78 is 35.1. The van der Waals surface area contributed by atoms with Crippen molar-refractivity contribution in [1.29, 1.82) is 0 Å². The first-order valence-corrected chi connectivity index (χ1v) is 26.9. The van der Waals surface area contributed by atoms with Gasteiger partial charge in [0.1, 0.15) is 19.3 Å². The fourth-order valence-corrected chi connectivity index (χ4v) is 8.11. The molecule has 9 heteroatoms. The van der Waals surface area contributed by atoms with Gasteiger partial charge >= 0.3 is 13.8 Å². The second-order valence-electron chi connectivity index (χ2n) is 18.6. The van der Waals surface area contributed by atoms with Crippen molar-refractivity contribution in [2.75, 3.05) is 54.1 Å². The number of esters is 1. The zero-order chi connectivity index (χ0) is 43.4. The molecular formula is C50H101NO7P+. The topological polar surface area (TPSA) is 91.3 Å². The molecule has 0 heterocycles. The molecule has 1 N–H and O–H groups in total. The second-order valence-corrected chi connectivity index (χ2v) is 20.0. The molecule has 0 saturated heterocycles. The van der Waals surface area contributed by atoms with E-state index < -0.39 is 13.9 Å². The van der Waals surface area contributed by atoms with Gasteiger partial charge in [0.05, 0.1) is 34.4 Å². The number of phosphoric ester groups is 1. The number of ether oxygens (including phenoxy) is 2. The summed E-state index contributed by atoms with van der Waals surface area (Å²) in [7, 11) is 1.68. The molecule has 352 valence electrons. The number of likely N-dealkylation sites (N-methyl/N-ethyl adjacent to an activating group) is 1. The summed E-state index contributed by atoms with van der Waals surface area (Å²) in [5, 5.41) is 0. The highest BCUT2D eigenvalue weighted by molar-refractivity contribution is 7.47. The number of rotatable bonds is 48. The van der Waals surface area contributed by atoms with Crippen molar-refractivity contribution >= 4 is 13.8 Å². The Morgan fingerprint density at radius 2 is 0.881 bits per heavy atom. The van der Waals surface area contributed by atoms with Crippen LogP contribution in [0, 0.1) is 0 Å². The lowest BCUT2D eigenvalue weighted by atomic mass is 10.0. The number of hydrogen-bond donors (Lipinski definition) is 1. The van der Waals surface area contributed by atoms with Crippen LogP contribution in [0.1, 0.15) is 245 Å². The molecule has 0 bridgehead atoms. The third kappa shape index (κ3) is 48.1. The number of carbonyl (C=O) groups excluding carboxylic acids is 1. The number of phosphoric acid groups is 1. The van der Waals surface area contributed by atoms with Gasteiger partial charge in [-0.2, -0.15) is 0 Å². The Balaban J connectivity index is 4.11. The second kappa shape index (κ2) is 43.9. The Morgan fingerprint density at radius 3 is 1.29 bits per heavy atom. The molecule has 2 atom stereocenters. The van der Waals surface area contributed by atoms with Crippen LogP contribution in [-0.4, -0.2) is 75.6 Å². The quantitative estimate of drug-likeness (QED) is 0.0214. The number of carbonyl (C=O) groups is 1. The largest absolute Gasteiger partial charge is 0.472 e. The van der Waals surface area contributed by atoms with Crippen molar-refractivity contribution in [3.8, 4) is 0 Å². The highest BCUT2D eigenvalue weighted by Crippen LogP contribution is 2.43. The van der Waals surface area contributed by atoms with Crippen molar-refractivity contribution in [1.82, 2.24) is 0 Å². The molecule has 0 aromatic heterocycles. The third-order valence-corrected chi connectivity index (χ3v) is 12.3. The summed E-state index contributed by atoms with van der Waals surface area (Å²) in [5.74, 6) is -0.313. The standard InChI is InChI=1S/C50H100NO7P/c1-6-8-10-12-14-16-18-20-22-24-25-26-28-30-32-34-36-38-40-42-45-55-47-49(48-57-59(53,54)56-46-44-51(3,4)5)58-50(52)43-41-39-37-35-33-31-29-27-23-21-19-17-15-13-11-9-7-2/h21,23,49H,6-20,22,24-48H2,1-5H3/p+1/b23-21-/t49-/m1/s1. The van der Waals surface area contributed by atoms with Gasteiger partial charge in [0.2, 0.25) is 0 Å². The third-order valence-electron chi connectivity index (χ3n) is 11.3. The lowest BCUT2D eigenvalue weighted by Crippen LogP contribution is -2.37. The zero-order valence-electron chi connectivity index (χ0n) is 40.0. The first-order valence-electron chi connectivity index (χ1n) is 25.4. The average molecular weight is 859 g/mol. The highest BCUT2D eigenvalue weighted by Gasteiger charge is 2.26. The van der Waals surface area contributed by atoms with Crippen LogP contribution in [0.25, 0.3) is 0 Å². The molecule has 0 radical (unpaired) electrons. The molecule has 1 unspecified atom stereocenters. The monoisotopic (exact) mass is 859 g/mol. The van der Waals surface area contributed by atoms with E-state index in [-0.39, 0.29) is 25.8 Å². The SMILES string of the molecule is CCCCCCCC/C=C\CCCCCCCCCC(=O)O[C@H](COCCCCCCCCCCCCCCCCCCCCCC)COP(=O)(O)OCC[N+](C)(C)C. The van der Waals surface area contributed by atoms with Gasteiger partial charge in [0, 0.05) is 13.0 Å². The van der Waals surface area contributed by atoms with Crippen molar-refractivity contribution in [2.24, 2.45) is 0 Å². The maximum absolute atomic E-state index is 12.7. The van der Waals surface area contributed by atoms with Gasteiger partial charge in [-0.25, -0.2) is 4.57 Å². The molecule has 0 aliphatic rings. The fourth-order valence-electron chi connectivity index (χ4n) is 7.37. The predicted octanol–water partition coefficient (Wildman–Crippen LogP) is 15.4. The predicted molar refractivity (Wildman–Crippen MR) is 252 cm³/mol. The van der Waals surface area contributed by atoms with Gasteiger partial charge in [-0.15, -0.1) is 0 Å². The van der Waals surface area contributed by atoms with E-state index in [1.165, 1.54) is 193 Å². The van der Waals surface area contributed by atoms with E-state index in [0.29, 0.717) is 24.1 Å². The minimum atomic E-state index is -4.27. The fraction of sp³-hybridized carbons (Fsp3) is 0.940. The maximum Gasteiger partial charge on any atom is 0.472 e. The number of nitrogens with zero attached hydrogens (tertiary/aromatic N) is 1. The highest BCUT2D eigenvalue weighted by atomic mass is 31.2. The number of allylic oxidation sites excluding steroid dienone is 2. The van der Waals surface area contributed by atoms with Crippen LogP contribution < -0.4 is 0 Å². The summed E-state index contributed by atoms with van der Waals surface area (Å²) in [6.07, 6.45) is 49.6. The lowest BCUT2D eigenvalue weighted by Gasteiger charge is -2.24. The Kier molecular flexibility index (Phi) is 43.3. The van der Waals surface area contributed by atoms with E-state index in [1.54, 1.807) is 0 Å². The zero-order valence-corrected chi connectivity index (χ0v) is 40.9.